The maximum Gasteiger partial charge on any atom is 0.410 e. The largest absolute Gasteiger partial charge is 0.496 e. The minimum atomic E-state index is -0.685. The van der Waals surface area contributed by atoms with Crippen LogP contribution in [0.1, 0.15) is 125 Å². The topological polar surface area (TPSA) is 126 Å². The summed E-state index contributed by atoms with van der Waals surface area (Å²) in [7, 11) is 6.85. The van der Waals surface area contributed by atoms with Gasteiger partial charge in [0.15, 0.2) is 0 Å². The highest BCUT2D eigenvalue weighted by Crippen LogP contribution is 2.43. The highest BCUT2D eigenvalue weighted by molar-refractivity contribution is 7.22. The van der Waals surface area contributed by atoms with Gasteiger partial charge in [-0.2, -0.15) is 0 Å². The van der Waals surface area contributed by atoms with E-state index in [1.54, 1.807) is 60.8 Å². The van der Waals surface area contributed by atoms with Gasteiger partial charge in [0.05, 0.1) is 44.4 Å². The molecule has 0 spiro atoms. The molecular weight excluding hydrogens is 1220 g/mol. The zero-order valence-electron chi connectivity index (χ0n) is 47.5. The zero-order chi connectivity index (χ0) is 59.3. The molecule has 4 aromatic carbocycles. The number of amides is 3. The third-order valence-electron chi connectivity index (χ3n) is 15.4. The molecule has 2 fully saturated rings. The van der Waals surface area contributed by atoms with Gasteiger partial charge in [-0.3, -0.25) is 19.6 Å². The number of nitrogens with zero attached hydrogens (tertiary/aromatic N) is 5. The number of hydrogen-bond donors (Lipinski definition) is 1. The van der Waals surface area contributed by atoms with Crippen molar-refractivity contribution in [1.82, 2.24) is 30.0 Å². The summed E-state index contributed by atoms with van der Waals surface area (Å²) in [6, 6.07) is 23.5. The number of aromatic nitrogens is 2. The fourth-order valence-corrected chi connectivity index (χ4v) is 14.0. The molecule has 10 rings (SSSR count). The van der Waals surface area contributed by atoms with Gasteiger partial charge in [-0.1, -0.05) is 57.6 Å². The number of carbonyl (C=O) groups is 3. The van der Waals surface area contributed by atoms with Gasteiger partial charge in [-0.05, 0) is 174 Å². The minimum absolute atomic E-state index is 0. The van der Waals surface area contributed by atoms with E-state index in [1.807, 2.05) is 88.5 Å². The Bertz CT molecular complexity index is 3630. The summed E-state index contributed by atoms with van der Waals surface area (Å²) >= 11 is 14.9. The summed E-state index contributed by atoms with van der Waals surface area (Å²) < 4.78 is 75.6. The van der Waals surface area contributed by atoms with Crippen LogP contribution in [0.4, 0.5) is 22.4 Å². The second-order valence-corrected chi connectivity index (χ2v) is 24.5. The lowest BCUT2D eigenvalue weighted by atomic mass is 9.89. The van der Waals surface area contributed by atoms with Gasteiger partial charge in [-0.15, -0.1) is 35.1 Å². The molecule has 2 aliphatic rings. The SMILES string of the molecule is C.C.C.CNC1CCC(N(Cc2cc(-c3ccncc3)ccc2OC)C(=O)c2sc3c(F)ccc(F)c3c2Cl)CC1.COc1ccc(-c2ccncc2)cc1CN(C(=O)c1sc2c(F)ccc(F)c2c1Cl)C1CCC(N(C)C(=O)OC(C)(C)C)CC1.Cl. The van der Waals surface area contributed by atoms with Crippen molar-refractivity contribution in [3.05, 3.63) is 164 Å². The lowest BCUT2D eigenvalue weighted by Crippen LogP contribution is -2.47. The first-order chi connectivity index (χ1) is 39.8. The van der Waals surface area contributed by atoms with Crippen molar-refractivity contribution in [2.75, 3.05) is 28.3 Å². The quantitative estimate of drug-likeness (QED) is 0.106. The fraction of sp³-hybridized carbons (Fsp3) is 0.379. The van der Waals surface area contributed by atoms with Crippen LogP contribution in [0.2, 0.25) is 10.0 Å². The van der Waals surface area contributed by atoms with E-state index in [0.717, 1.165) is 106 Å². The molecule has 1 N–H and O–H groups in total. The average molecular weight is 1300 g/mol. The first-order valence-electron chi connectivity index (χ1n) is 27.3. The molecule has 2 saturated carbocycles. The summed E-state index contributed by atoms with van der Waals surface area (Å²) in [4.78, 5) is 54.8. The molecule has 87 heavy (non-hydrogen) atoms. The molecule has 2 aliphatic carbocycles. The highest BCUT2D eigenvalue weighted by Gasteiger charge is 2.37. The Morgan fingerprint density at radius 1 is 0.575 bits per heavy atom. The number of nitrogens with one attached hydrogen (secondary N) is 1. The van der Waals surface area contributed by atoms with Crippen molar-refractivity contribution < 1.29 is 46.2 Å². The van der Waals surface area contributed by atoms with Crippen molar-refractivity contribution in [1.29, 1.82) is 0 Å². The molecule has 0 saturated heterocycles. The third kappa shape index (κ3) is 16.0. The minimum Gasteiger partial charge on any atom is -0.496 e. The van der Waals surface area contributed by atoms with Crippen LogP contribution < -0.4 is 14.8 Å². The number of fused-ring (bicyclic) bond motifs is 2. The Hall–Kier alpha value is -6.54. The lowest BCUT2D eigenvalue weighted by Gasteiger charge is -2.40. The molecule has 4 heterocycles. The Balaban J connectivity index is 0.000000307. The maximum absolute atomic E-state index is 14.8. The third-order valence-corrected chi connectivity index (χ3v) is 18.8. The first-order valence-corrected chi connectivity index (χ1v) is 29.7. The molecule has 8 aromatic rings. The van der Waals surface area contributed by atoms with Crippen molar-refractivity contribution in [2.45, 2.75) is 137 Å². The van der Waals surface area contributed by atoms with Crippen molar-refractivity contribution in [3.8, 4) is 33.8 Å². The number of ether oxygens (including phenoxy) is 3. The second kappa shape index (κ2) is 31.1. The monoisotopic (exact) mass is 1290 g/mol. The molecule has 0 bridgehead atoms. The first kappa shape index (κ1) is 71.2. The van der Waals surface area contributed by atoms with Crippen LogP contribution in [0, 0.1) is 23.3 Å². The fourth-order valence-electron chi connectivity index (χ4n) is 11.0. The van der Waals surface area contributed by atoms with E-state index >= 15 is 0 Å². The van der Waals surface area contributed by atoms with Crippen molar-refractivity contribution in [3.63, 3.8) is 0 Å². The van der Waals surface area contributed by atoms with Gasteiger partial charge >= 0.3 is 6.09 Å². The summed E-state index contributed by atoms with van der Waals surface area (Å²) in [5, 5.41) is 3.05. The van der Waals surface area contributed by atoms with E-state index in [2.05, 4.69) is 15.3 Å². The molecule has 4 aromatic heterocycles. The predicted octanol–water partition coefficient (Wildman–Crippen LogP) is 18.1. The smallest absolute Gasteiger partial charge is 0.410 e. The van der Waals surface area contributed by atoms with E-state index in [0.29, 0.717) is 43.2 Å². The van der Waals surface area contributed by atoms with Crippen LogP contribution in [0.5, 0.6) is 11.5 Å². The molecule has 3 amide bonds. The number of rotatable bonds is 14. The van der Waals surface area contributed by atoms with Gasteiger partial charge in [0.1, 0.15) is 50.1 Å². The number of hydrogen-bond acceptors (Lipinski definition) is 11. The molecule has 0 unspecified atom stereocenters. The van der Waals surface area contributed by atoms with E-state index in [1.165, 1.54) is 0 Å². The predicted molar refractivity (Wildman–Crippen MR) is 348 cm³/mol. The van der Waals surface area contributed by atoms with E-state index < -0.39 is 40.9 Å². The van der Waals surface area contributed by atoms with Crippen molar-refractivity contribution in [2.24, 2.45) is 0 Å². The summed E-state index contributed by atoms with van der Waals surface area (Å²) in [5.74, 6) is -2.06. The normalized spacial score (nSPS) is 16.3. The van der Waals surface area contributed by atoms with Crippen LogP contribution in [0.3, 0.4) is 0 Å². The van der Waals surface area contributed by atoms with Gasteiger partial charge < -0.3 is 34.2 Å². The highest BCUT2D eigenvalue weighted by atomic mass is 35.5. The lowest BCUT2D eigenvalue weighted by molar-refractivity contribution is 0.0144. The van der Waals surface area contributed by atoms with Crippen molar-refractivity contribution >= 4 is 96.4 Å². The molecule has 12 nitrogen and oxygen atoms in total. The Morgan fingerprint density at radius 2 is 0.943 bits per heavy atom. The standard InChI is InChI=1S/C34H36ClF2N3O4S.C29H28ClF2N3O2S.3CH4.ClH/c1-34(2,3)44-33(42)39(4)23-7-9-24(10-8-23)40(32(41)31-29(35)28-25(36)11-12-26(37)30(28)45-31)19-22-18-21(6-13-27(22)43-5)20-14-16-38-17-15-20;1-33-20-4-6-21(7-5-20)35(29(36)28-26(30)25-22(31)8-9-23(32)27(25)38-28)16-19-15-18(3-10-24(19)37-2)17-11-13-34-14-12-17;;;;/h6,11-18,23-24H,7-10,19H2,1-5H3;3,8-15,20-21,33H,4-7,16H2,1-2H3;3*1H4;1H. The number of pyridine rings is 2. The maximum atomic E-state index is 14.8. The molecule has 21 heteroatoms. The number of carbonyl (C=O) groups excluding carboxylic acids is 3. The second-order valence-electron chi connectivity index (χ2n) is 21.7. The molecule has 0 atom stereocenters. The summed E-state index contributed by atoms with van der Waals surface area (Å²) in [6.07, 6.45) is 12.4. The number of thiophene rings is 2. The number of methoxy groups -OCH3 is 2. The number of halogens is 7. The van der Waals surface area contributed by atoms with E-state index in [9.17, 15) is 31.9 Å². The van der Waals surface area contributed by atoms with E-state index in [4.69, 9.17) is 37.4 Å². The average Bonchev–Trinajstić information content (AvgIpc) is 1.76. The Morgan fingerprint density at radius 3 is 1.30 bits per heavy atom. The van der Waals surface area contributed by atoms with Crippen LogP contribution >= 0.6 is 58.3 Å². The van der Waals surface area contributed by atoms with E-state index in [-0.39, 0.29) is 112 Å². The molecule has 0 aliphatic heterocycles. The van der Waals surface area contributed by atoms with Crippen LogP contribution in [-0.4, -0.2) is 101 Å². The zero-order valence-corrected chi connectivity index (χ0v) is 51.4. The Labute approximate surface area is 532 Å². The molecule has 0 radical (unpaired) electrons. The van der Waals surface area contributed by atoms with Gasteiger partial charge in [0.25, 0.3) is 11.8 Å². The number of benzene rings is 4. The summed E-state index contributed by atoms with van der Waals surface area (Å²) in [5.41, 5.74) is 4.83. The van der Waals surface area contributed by atoms with Gasteiger partial charge in [-0.25, -0.2) is 22.4 Å². The van der Waals surface area contributed by atoms with Gasteiger partial charge in [0, 0.05) is 80.2 Å². The van der Waals surface area contributed by atoms with Crippen LogP contribution in [-0.2, 0) is 17.8 Å². The molecule has 468 valence electrons. The van der Waals surface area contributed by atoms with Crippen LogP contribution in [0.15, 0.2) is 110 Å². The molecular formula is C66H77Cl3F4N6O6S2. The van der Waals surface area contributed by atoms with Crippen LogP contribution in [0.25, 0.3) is 42.4 Å². The Kier molecular flexibility index (Phi) is 25.4. The van der Waals surface area contributed by atoms with Gasteiger partial charge in [0.2, 0.25) is 0 Å². The summed E-state index contributed by atoms with van der Waals surface area (Å²) in [6.45, 7) is 5.93.